The van der Waals surface area contributed by atoms with Crippen LogP contribution in [0.1, 0.15) is 43.3 Å². The van der Waals surface area contributed by atoms with Crippen molar-refractivity contribution in [2.45, 2.75) is 40.0 Å². The number of hydrogen-bond donors (Lipinski definition) is 0. The summed E-state index contributed by atoms with van der Waals surface area (Å²) in [6.07, 6.45) is 3.01. The summed E-state index contributed by atoms with van der Waals surface area (Å²) in [6.45, 7) is 8.34. The highest BCUT2D eigenvalue weighted by molar-refractivity contribution is 5.12. The van der Waals surface area contributed by atoms with Crippen molar-refractivity contribution in [2.75, 3.05) is 0 Å². The first-order valence-electron chi connectivity index (χ1n) is 4.45. The Morgan fingerprint density at radius 1 is 1.33 bits per heavy atom. The van der Waals surface area contributed by atoms with Crippen molar-refractivity contribution < 1.29 is 0 Å². The molecule has 1 rings (SSSR count). The summed E-state index contributed by atoms with van der Waals surface area (Å²) in [5, 5.41) is 0. The molecule has 2 nitrogen and oxygen atoms in total. The second kappa shape index (κ2) is 3.65. The van der Waals surface area contributed by atoms with E-state index in [0.29, 0.717) is 5.92 Å². The number of nitrogens with zero attached hydrogens (tertiary/aromatic N) is 2. The van der Waals surface area contributed by atoms with Gasteiger partial charge in [-0.25, -0.2) is 0 Å². The first-order valence-corrected chi connectivity index (χ1v) is 4.45. The van der Waals surface area contributed by atoms with E-state index in [0.717, 1.165) is 23.5 Å². The average molecular weight is 164 g/mol. The normalized spacial score (nSPS) is 13.0. The minimum Gasteiger partial charge on any atom is -0.258 e. The molecule has 0 N–H and O–H groups in total. The molecule has 0 spiro atoms. The van der Waals surface area contributed by atoms with Gasteiger partial charge in [0.15, 0.2) is 0 Å². The molecule has 2 heteroatoms. The third-order valence-electron chi connectivity index (χ3n) is 2.33. The Labute approximate surface area is 74.1 Å². The lowest BCUT2D eigenvalue weighted by molar-refractivity contribution is 0.696. The van der Waals surface area contributed by atoms with Crippen LogP contribution < -0.4 is 0 Å². The van der Waals surface area contributed by atoms with Crippen LogP contribution in [0.2, 0.25) is 0 Å². The van der Waals surface area contributed by atoms with E-state index < -0.39 is 0 Å². The summed E-state index contributed by atoms with van der Waals surface area (Å²) in [5.74, 6) is 0.525. The molecule has 0 aliphatic rings. The van der Waals surface area contributed by atoms with Crippen LogP contribution in [0, 0.1) is 13.8 Å². The maximum Gasteiger partial charge on any atom is 0.0618 e. The molecule has 0 saturated heterocycles. The first kappa shape index (κ1) is 9.17. The van der Waals surface area contributed by atoms with Crippen molar-refractivity contribution in [1.29, 1.82) is 0 Å². The van der Waals surface area contributed by atoms with Crippen LogP contribution in [0.15, 0.2) is 6.20 Å². The highest BCUT2D eigenvalue weighted by atomic mass is 14.8. The van der Waals surface area contributed by atoms with Crippen molar-refractivity contribution in [1.82, 2.24) is 9.97 Å². The van der Waals surface area contributed by atoms with E-state index in [1.165, 1.54) is 0 Å². The van der Waals surface area contributed by atoms with E-state index >= 15 is 0 Å². The maximum atomic E-state index is 4.48. The molecule has 0 aliphatic carbocycles. The highest BCUT2D eigenvalue weighted by Gasteiger charge is 2.05. The molecule has 0 unspecified atom stereocenters. The topological polar surface area (TPSA) is 25.8 Å². The van der Waals surface area contributed by atoms with Crippen molar-refractivity contribution in [2.24, 2.45) is 0 Å². The largest absolute Gasteiger partial charge is 0.258 e. The molecule has 1 aromatic rings. The molecule has 0 aromatic carbocycles. The van der Waals surface area contributed by atoms with Crippen LogP contribution >= 0.6 is 0 Å². The third-order valence-corrected chi connectivity index (χ3v) is 2.33. The fraction of sp³-hybridized carbons (Fsp3) is 0.600. The van der Waals surface area contributed by atoms with Crippen LogP contribution in [-0.4, -0.2) is 9.97 Å². The van der Waals surface area contributed by atoms with Gasteiger partial charge in [0.2, 0.25) is 0 Å². The van der Waals surface area contributed by atoms with Crippen molar-refractivity contribution >= 4 is 0 Å². The number of aryl methyl sites for hydroxylation is 2. The van der Waals surface area contributed by atoms with Gasteiger partial charge in [-0.15, -0.1) is 0 Å². The second-order valence-electron chi connectivity index (χ2n) is 3.27. The minimum absolute atomic E-state index is 0.525. The van der Waals surface area contributed by atoms with E-state index in [4.69, 9.17) is 0 Å². The van der Waals surface area contributed by atoms with Crippen LogP contribution in [0.25, 0.3) is 0 Å². The van der Waals surface area contributed by atoms with E-state index in [9.17, 15) is 0 Å². The zero-order chi connectivity index (χ0) is 9.14. The van der Waals surface area contributed by atoms with Gasteiger partial charge < -0.3 is 0 Å². The average Bonchev–Trinajstić information content (AvgIpc) is 2.08. The van der Waals surface area contributed by atoms with Gasteiger partial charge in [-0.1, -0.05) is 13.8 Å². The third kappa shape index (κ3) is 1.81. The quantitative estimate of drug-likeness (QED) is 0.671. The lowest BCUT2D eigenvalue weighted by atomic mass is 10.1. The van der Waals surface area contributed by atoms with Gasteiger partial charge >= 0.3 is 0 Å². The zero-order valence-corrected chi connectivity index (χ0v) is 8.26. The first-order chi connectivity index (χ1) is 5.65. The smallest absolute Gasteiger partial charge is 0.0618 e. The summed E-state index contributed by atoms with van der Waals surface area (Å²) >= 11 is 0. The monoisotopic (exact) mass is 164 g/mol. The van der Waals surface area contributed by atoms with Gasteiger partial charge in [-0.3, -0.25) is 9.97 Å². The molecule has 0 saturated carbocycles. The Morgan fingerprint density at radius 2 is 2.00 bits per heavy atom. The van der Waals surface area contributed by atoms with Crippen LogP contribution in [0.5, 0.6) is 0 Å². The van der Waals surface area contributed by atoms with Crippen LogP contribution in [0.4, 0.5) is 0 Å². The molecule has 1 atom stereocenters. The summed E-state index contributed by atoms with van der Waals surface area (Å²) in [5.41, 5.74) is 3.19. The second-order valence-corrected chi connectivity index (χ2v) is 3.27. The van der Waals surface area contributed by atoms with E-state index in [1.807, 2.05) is 20.0 Å². The Balaban J connectivity index is 2.96. The SMILES string of the molecule is CC[C@@H](C)c1cnc(C)c(C)n1. The van der Waals surface area contributed by atoms with Gasteiger partial charge in [-0.2, -0.15) is 0 Å². The highest BCUT2D eigenvalue weighted by Crippen LogP contribution is 2.15. The van der Waals surface area contributed by atoms with E-state index in [-0.39, 0.29) is 0 Å². The Kier molecular flexibility index (Phi) is 2.79. The summed E-state index contributed by atoms with van der Waals surface area (Å²) in [4.78, 5) is 8.77. The predicted molar refractivity (Wildman–Crippen MR) is 50.2 cm³/mol. The van der Waals surface area contributed by atoms with Crippen molar-refractivity contribution in [3.63, 3.8) is 0 Å². The molecule has 66 valence electrons. The van der Waals surface area contributed by atoms with Crippen LogP contribution in [0.3, 0.4) is 0 Å². The Bertz CT molecular complexity index is 269. The molecule has 1 aromatic heterocycles. The maximum absolute atomic E-state index is 4.48. The zero-order valence-electron chi connectivity index (χ0n) is 8.26. The number of aromatic nitrogens is 2. The molecule has 0 amide bonds. The van der Waals surface area contributed by atoms with E-state index in [1.54, 1.807) is 0 Å². The van der Waals surface area contributed by atoms with Gasteiger partial charge in [0, 0.05) is 6.20 Å². The molecule has 0 aliphatic heterocycles. The summed E-state index contributed by atoms with van der Waals surface area (Å²) in [7, 11) is 0. The lowest BCUT2D eigenvalue weighted by Crippen LogP contribution is -2.00. The molecular formula is C10H16N2. The van der Waals surface area contributed by atoms with Gasteiger partial charge in [0.25, 0.3) is 0 Å². The van der Waals surface area contributed by atoms with E-state index in [2.05, 4.69) is 23.8 Å². The molecule has 0 bridgehead atoms. The molecule has 0 fully saturated rings. The standard InChI is InChI=1S/C10H16N2/c1-5-7(2)10-6-11-8(3)9(4)12-10/h6-7H,5H2,1-4H3/t7-/m1/s1. The summed E-state index contributed by atoms with van der Waals surface area (Å²) in [6, 6.07) is 0. The Morgan fingerprint density at radius 3 is 2.50 bits per heavy atom. The van der Waals surface area contributed by atoms with Crippen LogP contribution in [-0.2, 0) is 0 Å². The Hall–Kier alpha value is -0.920. The molecule has 0 radical (unpaired) electrons. The van der Waals surface area contributed by atoms with Crippen molar-refractivity contribution in [3.8, 4) is 0 Å². The molecular weight excluding hydrogens is 148 g/mol. The number of hydrogen-bond acceptors (Lipinski definition) is 2. The molecule has 1 heterocycles. The van der Waals surface area contributed by atoms with Gasteiger partial charge in [0.1, 0.15) is 0 Å². The van der Waals surface area contributed by atoms with Gasteiger partial charge in [0.05, 0.1) is 17.1 Å². The minimum atomic E-state index is 0.525. The molecule has 12 heavy (non-hydrogen) atoms. The number of rotatable bonds is 2. The fourth-order valence-electron chi connectivity index (χ4n) is 1.01. The predicted octanol–water partition coefficient (Wildman–Crippen LogP) is 2.61. The summed E-state index contributed by atoms with van der Waals surface area (Å²) < 4.78 is 0. The lowest BCUT2D eigenvalue weighted by Gasteiger charge is -2.08. The van der Waals surface area contributed by atoms with Gasteiger partial charge in [-0.05, 0) is 26.2 Å². The van der Waals surface area contributed by atoms with Crippen molar-refractivity contribution in [3.05, 3.63) is 23.3 Å². The fourth-order valence-corrected chi connectivity index (χ4v) is 1.01.